The van der Waals surface area contributed by atoms with Gasteiger partial charge in [-0.1, -0.05) is 0 Å². The highest BCUT2D eigenvalue weighted by Gasteiger charge is 2.42. The van der Waals surface area contributed by atoms with Crippen molar-refractivity contribution in [1.82, 2.24) is 20.0 Å². The van der Waals surface area contributed by atoms with Crippen LogP contribution in [0, 0.1) is 5.41 Å². The van der Waals surface area contributed by atoms with Crippen molar-refractivity contribution in [2.24, 2.45) is 5.41 Å². The molecule has 1 aromatic heterocycles. The van der Waals surface area contributed by atoms with Gasteiger partial charge in [0.1, 0.15) is 5.69 Å². The molecule has 3 N–H and O–H groups in total. The average molecular weight is 279 g/mol. The Morgan fingerprint density at radius 3 is 2.85 bits per heavy atom. The summed E-state index contributed by atoms with van der Waals surface area (Å²) in [5.41, 5.74) is 6.09. The van der Waals surface area contributed by atoms with Crippen LogP contribution < -0.4 is 11.1 Å². The van der Waals surface area contributed by atoms with Gasteiger partial charge in [-0.25, -0.2) is 0 Å². The monoisotopic (exact) mass is 279 g/mol. The lowest BCUT2D eigenvalue weighted by Gasteiger charge is -2.23. The molecule has 1 aromatic rings. The second-order valence-electron chi connectivity index (χ2n) is 5.38. The quantitative estimate of drug-likeness (QED) is 0.819. The zero-order chi connectivity index (χ0) is 14.9. The van der Waals surface area contributed by atoms with Gasteiger partial charge >= 0.3 is 0 Å². The molecule has 1 atom stereocenters. The van der Waals surface area contributed by atoms with Crippen molar-refractivity contribution in [1.29, 1.82) is 0 Å². The summed E-state index contributed by atoms with van der Waals surface area (Å²) in [6.45, 7) is 5.32. The molecule has 0 bridgehead atoms. The Morgan fingerprint density at radius 1 is 1.55 bits per heavy atom. The lowest BCUT2D eigenvalue weighted by atomic mass is 9.89. The van der Waals surface area contributed by atoms with Gasteiger partial charge in [-0.2, -0.15) is 5.10 Å². The first-order valence-corrected chi connectivity index (χ1v) is 6.75. The molecule has 2 heterocycles. The lowest BCUT2D eigenvalue weighted by Crippen LogP contribution is -2.40. The van der Waals surface area contributed by atoms with E-state index in [0.29, 0.717) is 37.4 Å². The first kappa shape index (κ1) is 14.4. The molecule has 0 saturated carbocycles. The third-order valence-corrected chi connectivity index (χ3v) is 3.91. The molecule has 1 fully saturated rings. The van der Waals surface area contributed by atoms with Crippen molar-refractivity contribution < 1.29 is 9.59 Å². The number of hydrogen-bond acceptors (Lipinski definition) is 4. The van der Waals surface area contributed by atoms with E-state index in [1.165, 1.54) is 6.20 Å². The number of likely N-dealkylation sites (tertiary alicyclic amines) is 1. The molecule has 1 aliphatic rings. The molecular formula is C13H21N5O2. The molecular weight excluding hydrogens is 258 g/mol. The summed E-state index contributed by atoms with van der Waals surface area (Å²) in [5, 5.41) is 6.74. The van der Waals surface area contributed by atoms with Crippen LogP contribution in [0.5, 0.6) is 0 Å². The summed E-state index contributed by atoms with van der Waals surface area (Å²) in [5.74, 6) is -0.195. The minimum absolute atomic E-state index is 0.0372. The van der Waals surface area contributed by atoms with Crippen molar-refractivity contribution in [2.45, 2.75) is 26.8 Å². The Bertz CT molecular complexity index is 539. The molecule has 0 radical (unpaired) electrons. The Balaban J connectivity index is 2.20. The van der Waals surface area contributed by atoms with Gasteiger partial charge in [0.2, 0.25) is 5.91 Å². The van der Waals surface area contributed by atoms with Crippen LogP contribution in [0.3, 0.4) is 0 Å². The molecule has 0 spiro atoms. The number of carbonyl (C=O) groups is 2. The van der Waals surface area contributed by atoms with Crippen LogP contribution in [-0.4, -0.2) is 46.6 Å². The third-order valence-electron chi connectivity index (χ3n) is 3.91. The van der Waals surface area contributed by atoms with Crippen LogP contribution in [0.2, 0.25) is 0 Å². The maximum absolute atomic E-state index is 12.6. The largest absolute Gasteiger partial charge is 0.396 e. The fourth-order valence-corrected chi connectivity index (χ4v) is 2.64. The maximum Gasteiger partial charge on any atom is 0.274 e. The van der Waals surface area contributed by atoms with Gasteiger partial charge in [-0.3, -0.25) is 14.3 Å². The number of aromatic nitrogens is 2. The number of rotatable bonds is 3. The summed E-state index contributed by atoms with van der Waals surface area (Å²) in [4.78, 5) is 26.1. The Kier molecular flexibility index (Phi) is 3.69. The molecule has 2 amide bonds. The van der Waals surface area contributed by atoms with E-state index in [0.717, 1.165) is 0 Å². The minimum atomic E-state index is -0.532. The number of nitrogens with one attached hydrogen (secondary N) is 1. The molecule has 1 aliphatic heterocycles. The number of amides is 2. The fraction of sp³-hybridized carbons (Fsp3) is 0.615. The smallest absolute Gasteiger partial charge is 0.274 e. The third kappa shape index (κ3) is 2.23. The maximum atomic E-state index is 12.6. The molecule has 0 aromatic carbocycles. The van der Waals surface area contributed by atoms with Gasteiger partial charge in [0, 0.05) is 26.7 Å². The molecule has 7 nitrogen and oxygen atoms in total. The summed E-state index contributed by atoms with van der Waals surface area (Å²) in [7, 11) is 1.61. The van der Waals surface area contributed by atoms with E-state index in [4.69, 9.17) is 5.73 Å². The first-order chi connectivity index (χ1) is 9.42. The zero-order valence-corrected chi connectivity index (χ0v) is 12.1. The van der Waals surface area contributed by atoms with Crippen molar-refractivity contribution in [3.63, 3.8) is 0 Å². The van der Waals surface area contributed by atoms with Crippen molar-refractivity contribution >= 4 is 17.5 Å². The number of nitrogens with zero attached hydrogens (tertiary/aromatic N) is 3. The topological polar surface area (TPSA) is 93.2 Å². The van der Waals surface area contributed by atoms with E-state index in [2.05, 4.69) is 10.4 Å². The Morgan fingerprint density at radius 2 is 2.25 bits per heavy atom. The second kappa shape index (κ2) is 5.15. The molecule has 0 aliphatic carbocycles. The lowest BCUT2D eigenvalue weighted by molar-refractivity contribution is -0.128. The number of nitrogens with two attached hydrogens (primary N) is 1. The van der Waals surface area contributed by atoms with Gasteiger partial charge in [-0.05, 0) is 20.3 Å². The van der Waals surface area contributed by atoms with Crippen molar-refractivity contribution in [2.75, 3.05) is 25.9 Å². The van der Waals surface area contributed by atoms with Gasteiger partial charge < -0.3 is 16.0 Å². The summed E-state index contributed by atoms with van der Waals surface area (Å²) >= 11 is 0. The molecule has 7 heteroatoms. The number of anilines is 1. The first-order valence-electron chi connectivity index (χ1n) is 6.75. The number of aryl methyl sites for hydroxylation is 1. The minimum Gasteiger partial charge on any atom is -0.396 e. The predicted molar refractivity (Wildman–Crippen MR) is 75.0 cm³/mol. The van der Waals surface area contributed by atoms with Crippen LogP contribution in [0.1, 0.15) is 30.8 Å². The van der Waals surface area contributed by atoms with Crippen LogP contribution in [-0.2, 0) is 11.3 Å². The summed E-state index contributed by atoms with van der Waals surface area (Å²) < 4.78 is 1.59. The normalized spacial score (nSPS) is 22.1. The fourth-order valence-electron chi connectivity index (χ4n) is 2.64. The van der Waals surface area contributed by atoms with E-state index in [9.17, 15) is 9.59 Å². The van der Waals surface area contributed by atoms with Crippen molar-refractivity contribution in [3.05, 3.63) is 11.9 Å². The number of hydrogen-bond donors (Lipinski definition) is 2. The van der Waals surface area contributed by atoms with Crippen LogP contribution in [0.15, 0.2) is 6.20 Å². The Labute approximate surface area is 118 Å². The van der Waals surface area contributed by atoms with Gasteiger partial charge in [-0.15, -0.1) is 0 Å². The van der Waals surface area contributed by atoms with Gasteiger partial charge in [0.15, 0.2) is 0 Å². The van der Waals surface area contributed by atoms with Gasteiger partial charge in [0.05, 0.1) is 17.3 Å². The molecule has 110 valence electrons. The predicted octanol–water partition coefficient (Wildman–Crippen LogP) is 0.0834. The van der Waals surface area contributed by atoms with E-state index < -0.39 is 5.41 Å². The highest BCUT2D eigenvalue weighted by Crippen LogP contribution is 2.31. The second-order valence-corrected chi connectivity index (χ2v) is 5.38. The van der Waals surface area contributed by atoms with E-state index in [1.54, 1.807) is 16.6 Å². The highest BCUT2D eigenvalue weighted by molar-refractivity contribution is 5.98. The van der Waals surface area contributed by atoms with Crippen molar-refractivity contribution in [3.8, 4) is 0 Å². The van der Waals surface area contributed by atoms with Gasteiger partial charge in [0.25, 0.3) is 5.91 Å². The highest BCUT2D eigenvalue weighted by atomic mass is 16.2. The SMILES string of the molecule is CCn1ncc(N)c1C(=O)N1CCC(C)(C(=O)NC)C1. The molecule has 1 unspecified atom stereocenters. The van der Waals surface area contributed by atoms with E-state index in [-0.39, 0.29) is 11.8 Å². The zero-order valence-electron chi connectivity index (χ0n) is 12.1. The molecule has 1 saturated heterocycles. The standard InChI is InChI=1S/C13H21N5O2/c1-4-18-10(9(14)7-16-18)11(19)17-6-5-13(2,8-17)12(20)15-3/h7H,4-6,8,14H2,1-3H3,(H,15,20). The molecule has 20 heavy (non-hydrogen) atoms. The number of carbonyl (C=O) groups excluding carboxylic acids is 2. The van der Waals surface area contributed by atoms with Crippen LogP contribution in [0.25, 0.3) is 0 Å². The van der Waals surface area contributed by atoms with E-state index >= 15 is 0 Å². The summed E-state index contributed by atoms with van der Waals surface area (Å²) in [6, 6.07) is 0. The Hall–Kier alpha value is -2.05. The molecule has 2 rings (SSSR count). The van der Waals surface area contributed by atoms with E-state index in [1.807, 2.05) is 13.8 Å². The van der Waals surface area contributed by atoms with Crippen LogP contribution >= 0.6 is 0 Å². The van der Waals surface area contributed by atoms with Crippen LogP contribution in [0.4, 0.5) is 5.69 Å². The number of nitrogen functional groups attached to an aromatic ring is 1. The summed E-state index contributed by atoms with van der Waals surface area (Å²) in [6.07, 6.45) is 2.14. The average Bonchev–Trinajstić information content (AvgIpc) is 3.01.